The van der Waals surface area contributed by atoms with E-state index in [1.54, 1.807) is 11.8 Å². The van der Waals surface area contributed by atoms with Gasteiger partial charge in [0.2, 0.25) is 0 Å². The third-order valence-corrected chi connectivity index (χ3v) is 4.94. The minimum absolute atomic E-state index is 0. The summed E-state index contributed by atoms with van der Waals surface area (Å²) in [5, 5.41) is 0. The van der Waals surface area contributed by atoms with Gasteiger partial charge in [0.1, 0.15) is 0 Å². The van der Waals surface area contributed by atoms with Crippen LogP contribution in [0.4, 0.5) is 0 Å². The lowest BCUT2D eigenvalue weighted by atomic mass is 9.82. The normalized spacial score (nSPS) is 13.1. The summed E-state index contributed by atoms with van der Waals surface area (Å²) in [7, 11) is 0. The van der Waals surface area contributed by atoms with E-state index >= 15 is 0 Å². The van der Waals surface area contributed by atoms with Gasteiger partial charge in [0.25, 0.3) is 0 Å². The number of nitrogens with two attached hydrogens (primary N) is 1. The van der Waals surface area contributed by atoms with Crippen LogP contribution in [0.5, 0.6) is 0 Å². The van der Waals surface area contributed by atoms with Crippen LogP contribution >= 0.6 is 11.8 Å². The number of hydrogen-bond donors (Lipinski definition) is 1. The summed E-state index contributed by atoms with van der Waals surface area (Å²) in [5.74, 6) is 0.999. The first-order valence-electron chi connectivity index (χ1n) is 8.03. The summed E-state index contributed by atoms with van der Waals surface area (Å²) in [4.78, 5) is 12.3. The maximum Gasteiger partial charge on any atom is 0.156 e. The molecule has 3 heteroatoms. The monoisotopic (exact) mass is 325 g/mol. The number of ketones is 1. The van der Waals surface area contributed by atoms with Crippen molar-refractivity contribution in [2.75, 3.05) is 0 Å². The number of carbonyl (C=O) groups is 1. The molecular formula is C19H35NOS. The number of rotatable bonds is 5. The third kappa shape index (κ3) is 6.53. The van der Waals surface area contributed by atoms with E-state index in [1.807, 2.05) is 34.6 Å². The van der Waals surface area contributed by atoms with Gasteiger partial charge in [-0.2, -0.15) is 0 Å². The summed E-state index contributed by atoms with van der Waals surface area (Å²) >= 11 is 1.75. The standard InChI is InChI=1S/C17H27NOS.C2H6.H2/c1-12-8-7-9-13(10-12)11-20-17(5,6)14(18)15(19)16(2,3)4;1-2;/h7-10,14H,11,18H2,1-6H3;1-2H3;1H. The van der Waals surface area contributed by atoms with Crippen LogP contribution in [0.1, 0.15) is 61.0 Å². The average molecular weight is 326 g/mol. The summed E-state index contributed by atoms with van der Waals surface area (Å²) in [6.45, 7) is 16.0. The molecular weight excluding hydrogens is 290 g/mol. The Morgan fingerprint density at radius 2 is 1.77 bits per heavy atom. The molecule has 0 saturated heterocycles. The Hall–Kier alpha value is -0.800. The van der Waals surface area contributed by atoms with Gasteiger partial charge in [0, 0.05) is 17.3 Å². The van der Waals surface area contributed by atoms with Crippen molar-refractivity contribution in [1.82, 2.24) is 0 Å². The minimum atomic E-state index is -0.447. The molecule has 1 atom stereocenters. The lowest BCUT2D eigenvalue weighted by Crippen LogP contribution is -2.51. The molecule has 0 bridgehead atoms. The molecule has 22 heavy (non-hydrogen) atoms. The van der Waals surface area contributed by atoms with Gasteiger partial charge in [-0.3, -0.25) is 4.79 Å². The molecule has 1 unspecified atom stereocenters. The van der Waals surface area contributed by atoms with Crippen LogP contribution in [-0.2, 0) is 10.5 Å². The highest BCUT2D eigenvalue weighted by atomic mass is 32.2. The van der Waals surface area contributed by atoms with E-state index < -0.39 is 6.04 Å². The van der Waals surface area contributed by atoms with Crippen molar-refractivity contribution in [2.24, 2.45) is 11.1 Å². The number of Topliss-reactive ketones (excluding diaryl/α,β-unsaturated/α-hetero) is 1. The smallest absolute Gasteiger partial charge is 0.156 e. The molecule has 0 aliphatic heterocycles. The van der Waals surface area contributed by atoms with Crippen molar-refractivity contribution in [3.63, 3.8) is 0 Å². The van der Waals surface area contributed by atoms with Crippen molar-refractivity contribution in [3.05, 3.63) is 35.4 Å². The number of carbonyl (C=O) groups excluding carboxylic acids is 1. The zero-order valence-corrected chi connectivity index (χ0v) is 16.3. The molecule has 0 aliphatic rings. The van der Waals surface area contributed by atoms with Gasteiger partial charge >= 0.3 is 0 Å². The first kappa shape index (κ1) is 21.2. The Morgan fingerprint density at radius 3 is 2.23 bits per heavy atom. The van der Waals surface area contributed by atoms with Crippen LogP contribution in [0.2, 0.25) is 0 Å². The Labute approximate surface area is 142 Å². The second-order valence-corrected chi connectivity index (χ2v) is 8.60. The molecule has 0 aromatic heterocycles. The van der Waals surface area contributed by atoms with Crippen LogP contribution in [0, 0.1) is 12.3 Å². The molecule has 1 aromatic rings. The molecule has 0 amide bonds. The zero-order chi connectivity index (χ0) is 17.6. The second-order valence-electron chi connectivity index (χ2n) is 6.97. The van der Waals surface area contributed by atoms with Gasteiger partial charge in [-0.05, 0) is 26.3 Å². The van der Waals surface area contributed by atoms with Gasteiger partial charge in [-0.1, -0.05) is 64.4 Å². The Morgan fingerprint density at radius 1 is 1.23 bits per heavy atom. The summed E-state index contributed by atoms with van der Waals surface area (Å²) < 4.78 is -0.270. The summed E-state index contributed by atoms with van der Waals surface area (Å²) in [6.07, 6.45) is 0. The summed E-state index contributed by atoms with van der Waals surface area (Å²) in [6, 6.07) is 8.01. The lowest BCUT2D eigenvalue weighted by Gasteiger charge is -2.34. The highest BCUT2D eigenvalue weighted by Gasteiger charge is 2.37. The average Bonchev–Trinajstić information content (AvgIpc) is 2.45. The van der Waals surface area contributed by atoms with Gasteiger partial charge in [-0.15, -0.1) is 11.8 Å². The van der Waals surface area contributed by atoms with Crippen molar-refractivity contribution in [2.45, 2.75) is 71.9 Å². The van der Waals surface area contributed by atoms with Gasteiger partial charge in [0.05, 0.1) is 6.04 Å². The number of benzene rings is 1. The van der Waals surface area contributed by atoms with E-state index in [9.17, 15) is 4.79 Å². The van der Waals surface area contributed by atoms with Crippen LogP contribution < -0.4 is 5.73 Å². The quantitative estimate of drug-likeness (QED) is 0.807. The van der Waals surface area contributed by atoms with Crippen LogP contribution in [0.3, 0.4) is 0 Å². The van der Waals surface area contributed by atoms with E-state index in [4.69, 9.17) is 5.73 Å². The minimum Gasteiger partial charge on any atom is -0.320 e. The molecule has 1 rings (SSSR count). The summed E-state index contributed by atoms with van der Waals surface area (Å²) in [5.41, 5.74) is 8.35. The third-order valence-electron chi connectivity index (χ3n) is 3.46. The van der Waals surface area contributed by atoms with Crippen molar-refractivity contribution < 1.29 is 6.22 Å². The van der Waals surface area contributed by atoms with Crippen molar-refractivity contribution in [3.8, 4) is 0 Å². The molecule has 0 heterocycles. The van der Waals surface area contributed by atoms with Gasteiger partial charge in [-0.25, -0.2) is 0 Å². The molecule has 2 nitrogen and oxygen atoms in total. The van der Waals surface area contributed by atoms with E-state index in [0.717, 1.165) is 5.75 Å². The fraction of sp³-hybridized carbons (Fsp3) is 0.632. The first-order chi connectivity index (χ1) is 10.0. The second kappa shape index (κ2) is 8.73. The molecule has 0 aliphatic carbocycles. The first-order valence-corrected chi connectivity index (χ1v) is 9.02. The largest absolute Gasteiger partial charge is 0.320 e. The number of aryl methyl sites for hydroxylation is 1. The zero-order valence-electron chi connectivity index (χ0n) is 15.5. The molecule has 0 fully saturated rings. The van der Waals surface area contributed by atoms with E-state index in [-0.39, 0.29) is 17.4 Å². The Kier molecular flexibility index (Phi) is 8.42. The molecule has 2 N–H and O–H groups in total. The van der Waals surface area contributed by atoms with Gasteiger partial charge < -0.3 is 5.73 Å². The highest BCUT2D eigenvalue weighted by molar-refractivity contribution is 7.99. The Balaban J connectivity index is 0. The molecule has 0 spiro atoms. The van der Waals surface area contributed by atoms with Crippen molar-refractivity contribution >= 4 is 17.5 Å². The SMILES string of the molecule is CC.Cc1cccc(CSC(C)(C)C(N)C(=O)C(C)(C)C)c1.[HH]. The van der Waals surface area contributed by atoms with E-state index in [0.29, 0.717) is 0 Å². The molecule has 0 saturated carbocycles. The van der Waals surface area contributed by atoms with Crippen LogP contribution in [0.15, 0.2) is 24.3 Å². The van der Waals surface area contributed by atoms with E-state index in [2.05, 4.69) is 45.0 Å². The predicted molar refractivity (Wildman–Crippen MR) is 102 cm³/mol. The Bertz CT molecular complexity index is 481. The maximum atomic E-state index is 12.3. The number of hydrogen-bond acceptors (Lipinski definition) is 3. The molecule has 0 radical (unpaired) electrons. The van der Waals surface area contributed by atoms with Crippen molar-refractivity contribution in [1.29, 1.82) is 0 Å². The fourth-order valence-electron chi connectivity index (χ4n) is 1.94. The van der Waals surface area contributed by atoms with Crippen LogP contribution in [0.25, 0.3) is 0 Å². The van der Waals surface area contributed by atoms with E-state index in [1.165, 1.54) is 11.1 Å². The number of thioether (sulfide) groups is 1. The lowest BCUT2D eigenvalue weighted by molar-refractivity contribution is -0.128. The maximum absolute atomic E-state index is 12.3. The van der Waals surface area contributed by atoms with Gasteiger partial charge in [0.15, 0.2) is 5.78 Å². The molecule has 1 aromatic carbocycles. The predicted octanol–water partition coefficient (Wildman–Crippen LogP) is 5.22. The highest BCUT2D eigenvalue weighted by Crippen LogP contribution is 2.33. The van der Waals surface area contributed by atoms with Crippen LogP contribution in [-0.4, -0.2) is 16.6 Å². The fourth-order valence-corrected chi connectivity index (χ4v) is 2.95. The topological polar surface area (TPSA) is 43.1 Å². The molecule has 128 valence electrons.